The summed E-state index contributed by atoms with van der Waals surface area (Å²) in [7, 11) is 0. The van der Waals surface area contributed by atoms with Gasteiger partial charge in [-0.15, -0.1) is 0 Å². The van der Waals surface area contributed by atoms with Crippen LogP contribution in [0.2, 0.25) is 0 Å². The normalized spacial score (nSPS) is 10.7. The fraction of sp³-hybridized carbons (Fsp3) is 0.0588. The first-order valence-electron chi connectivity index (χ1n) is 8.12. The summed E-state index contributed by atoms with van der Waals surface area (Å²) in [6.07, 6.45) is 3.17. The number of pyridine rings is 1. The fourth-order valence-electron chi connectivity index (χ4n) is 2.56. The van der Waals surface area contributed by atoms with Gasteiger partial charge < -0.3 is 4.52 Å². The van der Waals surface area contributed by atoms with Gasteiger partial charge >= 0.3 is 6.01 Å². The highest BCUT2D eigenvalue weighted by atomic mass is 16.5. The molecule has 0 aliphatic carbocycles. The Balaban J connectivity index is 1.45. The van der Waals surface area contributed by atoms with Crippen molar-refractivity contribution in [1.82, 2.24) is 30.3 Å². The number of rotatable bonds is 5. The number of aromatic amines is 1. The second kappa shape index (κ2) is 7.15. The van der Waals surface area contributed by atoms with Crippen LogP contribution in [0, 0.1) is 0 Å². The van der Waals surface area contributed by atoms with Gasteiger partial charge in [-0.3, -0.25) is 29.9 Å². The molecule has 0 aliphatic heterocycles. The molecule has 1 amide bonds. The molecular formula is C17H13N7O4. The highest BCUT2D eigenvalue weighted by Crippen LogP contribution is 2.15. The molecular weight excluding hydrogens is 366 g/mol. The molecule has 0 saturated carbocycles. The van der Waals surface area contributed by atoms with Gasteiger partial charge in [-0.05, 0) is 24.3 Å². The quantitative estimate of drug-likeness (QED) is 0.419. The van der Waals surface area contributed by atoms with E-state index in [-0.39, 0.29) is 16.8 Å². The largest absolute Gasteiger partial charge is 0.340 e. The van der Waals surface area contributed by atoms with Gasteiger partial charge in [0.1, 0.15) is 6.54 Å². The van der Waals surface area contributed by atoms with E-state index in [0.717, 1.165) is 4.68 Å². The second-order valence-electron chi connectivity index (χ2n) is 5.71. The predicted molar refractivity (Wildman–Crippen MR) is 98.1 cm³/mol. The molecule has 3 heterocycles. The number of amides is 1. The number of aromatic nitrogens is 5. The van der Waals surface area contributed by atoms with Crippen LogP contribution in [0.15, 0.2) is 62.9 Å². The highest BCUT2D eigenvalue weighted by molar-refractivity contribution is 5.81. The highest BCUT2D eigenvalue weighted by Gasteiger charge is 2.12. The Morgan fingerprint density at radius 3 is 2.64 bits per heavy atom. The third kappa shape index (κ3) is 3.35. The number of fused-ring (bicyclic) bond motifs is 1. The van der Waals surface area contributed by atoms with E-state index in [2.05, 4.69) is 31.1 Å². The molecule has 4 aromatic rings. The van der Waals surface area contributed by atoms with E-state index in [4.69, 9.17) is 4.52 Å². The maximum atomic E-state index is 12.4. The number of carbonyl (C=O) groups excluding carboxylic acids is 1. The van der Waals surface area contributed by atoms with Gasteiger partial charge in [0, 0.05) is 18.0 Å². The van der Waals surface area contributed by atoms with Crippen LogP contribution in [0.3, 0.4) is 0 Å². The average Bonchev–Trinajstić information content (AvgIpc) is 3.20. The van der Waals surface area contributed by atoms with E-state index in [9.17, 15) is 14.4 Å². The molecule has 0 atom stereocenters. The number of H-pyrrole nitrogens is 1. The second-order valence-corrected chi connectivity index (χ2v) is 5.71. The zero-order valence-electron chi connectivity index (χ0n) is 14.2. The summed E-state index contributed by atoms with van der Waals surface area (Å²) in [6.45, 7) is -0.405. The summed E-state index contributed by atoms with van der Waals surface area (Å²) in [6, 6.07) is 9.73. The lowest BCUT2D eigenvalue weighted by atomic mass is 10.2. The molecule has 1 aromatic carbocycles. The van der Waals surface area contributed by atoms with Crippen molar-refractivity contribution in [2.75, 3.05) is 5.43 Å². The molecule has 4 rings (SSSR count). The Kier molecular flexibility index (Phi) is 4.38. The molecule has 11 nitrogen and oxygen atoms in total. The van der Waals surface area contributed by atoms with Crippen molar-refractivity contribution < 1.29 is 9.32 Å². The first-order chi connectivity index (χ1) is 13.6. The number of hydrogen-bond donors (Lipinski definition) is 3. The maximum Gasteiger partial charge on any atom is 0.340 e. The summed E-state index contributed by atoms with van der Waals surface area (Å²) in [5.41, 5.74) is 4.54. The van der Waals surface area contributed by atoms with E-state index in [0.29, 0.717) is 11.4 Å². The van der Waals surface area contributed by atoms with Crippen LogP contribution in [0.5, 0.6) is 0 Å². The van der Waals surface area contributed by atoms with Crippen LogP contribution in [0.25, 0.3) is 22.2 Å². The number of carbonyl (C=O) groups is 1. The maximum absolute atomic E-state index is 12.4. The van der Waals surface area contributed by atoms with Gasteiger partial charge in [0.15, 0.2) is 0 Å². The molecule has 0 aliphatic rings. The number of nitrogens with one attached hydrogen (secondary N) is 3. The van der Waals surface area contributed by atoms with Crippen molar-refractivity contribution in [2.24, 2.45) is 0 Å². The van der Waals surface area contributed by atoms with Crippen molar-refractivity contribution in [3.63, 3.8) is 0 Å². The minimum Gasteiger partial charge on any atom is -0.313 e. The Morgan fingerprint density at radius 1 is 1.11 bits per heavy atom. The van der Waals surface area contributed by atoms with Crippen LogP contribution in [0.1, 0.15) is 0 Å². The third-order valence-electron chi connectivity index (χ3n) is 3.86. The van der Waals surface area contributed by atoms with Gasteiger partial charge in [-0.25, -0.2) is 10.1 Å². The van der Waals surface area contributed by atoms with E-state index >= 15 is 0 Å². The van der Waals surface area contributed by atoms with Crippen LogP contribution in [-0.2, 0) is 11.3 Å². The van der Waals surface area contributed by atoms with Gasteiger partial charge in [-0.2, -0.15) is 4.98 Å². The lowest BCUT2D eigenvalue weighted by Crippen LogP contribution is -2.38. The Bertz CT molecular complexity index is 1260. The van der Waals surface area contributed by atoms with Crippen LogP contribution >= 0.6 is 0 Å². The molecule has 3 aromatic heterocycles. The van der Waals surface area contributed by atoms with Crippen molar-refractivity contribution in [2.45, 2.75) is 6.54 Å². The average molecular weight is 379 g/mol. The Hall–Kier alpha value is -4.28. The Labute approximate surface area is 156 Å². The van der Waals surface area contributed by atoms with Crippen LogP contribution < -0.4 is 22.0 Å². The molecule has 0 fully saturated rings. The third-order valence-corrected chi connectivity index (χ3v) is 3.86. The zero-order valence-corrected chi connectivity index (χ0v) is 14.2. The van der Waals surface area contributed by atoms with E-state index < -0.39 is 23.6 Å². The standard InChI is InChI=1S/C17H13N7O4/c25-13(9-24-16(27)12-4-2-1-3-11(12)15(26)22-24)20-21-17-19-14(23-28-17)10-5-7-18-8-6-10/h1-8H,9H2,(H,20,25)(H,22,26)(H,19,21,23). The predicted octanol–water partition coefficient (Wildman–Crippen LogP) is 0.278. The van der Waals surface area contributed by atoms with Gasteiger partial charge in [0.05, 0.1) is 10.8 Å². The number of benzene rings is 1. The molecule has 28 heavy (non-hydrogen) atoms. The van der Waals surface area contributed by atoms with Crippen molar-refractivity contribution in [1.29, 1.82) is 0 Å². The lowest BCUT2D eigenvalue weighted by Gasteiger charge is -2.07. The number of nitrogens with zero attached hydrogens (tertiary/aromatic N) is 4. The SMILES string of the molecule is O=C(Cn1[nH]c(=O)c2ccccc2c1=O)NNc1nc(-c2ccncc2)no1. The minimum atomic E-state index is -0.600. The van der Waals surface area contributed by atoms with E-state index in [1.54, 1.807) is 36.7 Å². The molecule has 0 spiro atoms. The molecule has 140 valence electrons. The first-order valence-corrected chi connectivity index (χ1v) is 8.12. The molecule has 3 N–H and O–H groups in total. The van der Waals surface area contributed by atoms with Gasteiger partial charge in [-0.1, -0.05) is 17.3 Å². The monoisotopic (exact) mass is 379 g/mol. The zero-order chi connectivity index (χ0) is 19.5. The summed E-state index contributed by atoms with van der Waals surface area (Å²) < 4.78 is 5.91. The molecule has 0 unspecified atom stereocenters. The molecule has 0 radical (unpaired) electrons. The fourth-order valence-corrected chi connectivity index (χ4v) is 2.56. The summed E-state index contributed by atoms with van der Waals surface area (Å²) >= 11 is 0. The molecule has 0 saturated heterocycles. The topological polar surface area (TPSA) is 148 Å². The number of hydrogen-bond acceptors (Lipinski definition) is 8. The summed E-state index contributed by atoms with van der Waals surface area (Å²) in [5, 5.41) is 6.64. The van der Waals surface area contributed by atoms with Gasteiger partial charge in [0.25, 0.3) is 17.0 Å². The molecule has 11 heteroatoms. The van der Waals surface area contributed by atoms with Gasteiger partial charge in [0.2, 0.25) is 5.82 Å². The number of hydrazine groups is 1. The van der Waals surface area contributed by atoms with Crippen molar-refractivity contribution in [3.05, 3.63) is 69.5 Å². The van der Waals surface area contributed by atoms with E-state index in [1.807, 2.05) is 0 Å². The van der Waals surface area contributed by atoms with E-state index in [1.165, 1.54) is 12.1 Å². The lowest BCUT2D eigenvalue weighted by molar-refractivity contribution is -0.121. The Morgan fingerprint density at radius 2 is 1.86 bits per heavy atom. The smallest absolute Gasteiger partial charge is 0.313 e. The minimum absolute atomic E-state index is 0.0421. The van der Waals surface area contributed by atoms with Crippen LogP contribution in [-0.4, -0.2) is 30.8 Å². The van der Waals surface area contributed by atoms with Crippen molar-refractivity contribution >= 4 is 22.7 Å². The summed E-state index contributed by atoms with van der Waals surface area (Å²) in [5.74, 6) is -0.286. The first kappa shape index (κ1) is 17.1. The van der Waals surface area contributed by atoms with Crippen LogP contribution in [0.4, 0.5) is 6.01 Å². The summed E-state index contributed by atoms with van der Waals surface area (Å²) in [4.78, 5) is 44.5. The van der Waals surface area contributed by atoms with Crippen molar-refractivity contribution in [3.8, 4) is 11.4 Å². The number of anilines is 1. The molecule has 0 bridgehead atoms.